The van der Waals surface area contributed by atoms with Gasteiger partial charge in [-0.05, 0) is 19.1 Å². The second-order valence-corrected chi connectivity index (χ2v) is 6.98. The van der Waals surface area contributed by atoms with E-state index in [1.807, 2.05) is 30.8 Å². The maximum atomic E-state index is 12.8. The average Bonchev–Trinajstić information content (AvgIpc) is 2.99. The molecule has 8 nitrogen and oxygen atoms in total. The highest BCUT2D eigenvalue weighted by molar-refractivity contribution is 6.01. The number of amides is 2. The number of fused-ring (bicyclic) bond motifs is 1. The first-order chi connectivity index (χ1) is 12.4. The number of hydrogen-bond acceptors (Lipinski definition) is 5. The third kappa shape index (κ3) is 2.36. The number of aryl methyl sites for hydroxylation is 1. The SMILES string of the molecule is Cc1c(C(=O)N2CCC3(CC2)NC(=O)c2cccnc2N3C)cnn1C. The van der Waals surface area contributed by atoms with E-state index >= 15 is 0 Å². The van der Waals surface area contributed by atoms with Gasteiger partial charge < -0.3 is 15.1 Å². The largest absolute Gasteiger partial charge is 0.338 e. The first-order valence-corrected chi connectivity index (χ1v) is 8.72. The van der Waals surface area contributed by atoms with Crippen LogP contribution in [-0.2, 0) is 7.05 Å². The summed E-state index contributed by atoms with van der Waals surface area (Å²) in [4.78, 5) is 33.6. The van der Waals surface area contributed by atoms with Gasteiger partial charge in [-0.3, -0.25) is 14.3 Å². The molecule has 0 bridgehead atoms. The molecule has 4 rings (SSSR count). The van der Waals surface area contributed by atoms with Crippen LogP contribution in [0.5, 0.6) is 0 Å². The number of pyridine rings is 1. The van der Waals surface area contributed by atoms with Crippen molar-refractivity contribution in [3.8, 4) is 0 Å². The van der Waals surface area contributed by atoms with Crippen molar-refractivity contribution in [3.63, 3.8) is 0 Å². The molecule has 8 heteroatoms. The lowest BCUT2D eigenvalue weighted by atomic mass is 9.91. The van der Waals surface area contributed by atoms with Gasteiger partial charge in [0.1, 0.15) is 11.5 Å². The molecule has 2 amide bonds. The van der Waals surface area contributed by atoms with E-state index in [1.165, 1.54) is 0 Å². The fourth-order valence-corrected chi connectivity index (χ4v) is 3.83. The van der Waals surface area contributed by atoms with Crippen LogP contribution < -0.4 is 10.2 Å². The Bertz CT molecular complexity index is 882. The molecule has 1 spiro atoms. The van der Waals surface area contributed by atoms with E-state index < -0.39 is 5.66 Å². The Kier molecular flexibility index (Phi) is 3.71. The van der Waals surface area contributed by atoms with Crippen LogP contribution in [-0.4, -0.2) is 57.3 Å². The minimum atomic E-state index is -0.501. The average molecular weight is 354 g/mol. The van der Waals surface area contributed by atoms with Crippen molar-refractivity contribution in [3.05, 3.63) is 41.3 Å². The molecule has 0 saturated carbocycles. The summed E-state index contributed by atoms with van der Waals surface area (Å²) in [7, 11) is 3.78. The molecule has 1 fully saturated rings. The van der Waals surface area contributed by atoms with Crippen LogP contribution >= 0.6 is 0 Å². The highest BCUT2D eigenvalue weighted by atomic mass is 16.2. The minimum absolute atomic E-state index is 0.00577. The smallest absolute Gasteiger partial charge is 0.257 e. The van der Waals surface area contributed by atoms with Gasteiger partial charge in [0.05, 0.1) is 17.3 Å². The first-order valence-electron chi connectivity index (χ1n) is 8.72. The highest BCUT2D eigenvalue weighted by Crippen LogP contribution is 2.35. The Balaban J connectivity index is 1.54. The Morgan fingerprint density at radius 3 is 2.65 bits per heavy atom. The molecule has 0 unspecified atom stereocenters. The first kappa shape index (κ1) is 16.6. The maximum Gasteiger partial charge on any atom is 0.257 e. The van der Waals surface area contributed by atoms with Crippen molar-refractivity contribution in [1.29, 1.82) is 0 Å². The van der Waals surface area contributed by atoms with Crippen LogP contribution in [0.2, 0.25) is 0 Å². The lowest BCUT2D eigenvalue weighted by Gasteiger charge is -2.50. The molecule has 0 radical (unpaired) electrons. The van der Waals surface area contributed by atoms with Crippen LogP contribution in [0.3, 0.4) is 0 Å². The summed E-state index contributed by atoms with van der Waals surface area (Å²) in [5.74, 6) is 0.585. The van der Waals surface area contributed by atoms with E-state index in [9.17, 15) is 9.59 Å². The Morgan fingerprint density at radius 2 is 2.00 bits per heavy atom. The van der Waals surface area contributed by atoms with Gasteiger partial charge in [-0.2, -0.15) is 5.10 Å². The van der Waals surface area contributed by atoms with Gasteiger partial charge in [0, 0.05) is 51.9 Å². The molecule has 0 aliphatic carbocycles. The zero-order valence-corrected chi connectivity index (χ0v) is 15.2. The van der Waals surface area contributed by atoms with Gasteiger partial charge in [0.15, 0.2) is 0 Å². The van der Waals surface area contributed by atoms with Crippen LogP contribution in [0.1, 0.15) is 39.3 Å². The van der Waals surface area contributed by atoms with E-state index in [2.05, 4.69) is 15.4 Å². The molecule has 4 heterocycles. The predicted octanol–water partition coefficient (Wildman–Crippen LogP) is 0.936. The standard InChI is InChI=1S/C18H22N6O2/c1-12-14(11-20-23(12)3)17(26)24-9-6-18(7-10-24)21-16(25)13-5-4-8-19-15(13)22(18)2/h4-5,8,11H,6-7,9-10H2,1-3H3,(H,21,25). The summed E-state index contributed by atoms with van der Waals surface area (Å²) in [6.45, 7) is 3.03. The lowest BCUT2D eigenvalue weighted by molar-refractivity contribution is 0.0607. The van der Waals surface area contributed by atoms with E-state index in [-0.39, 0.29) is 11.8 Å². The number of nitrogens with zero attached hydrogens (tertiary/aromatic N) is 5. The Morgan fingerprint density at radius 1 is 1.27 bits per heavy atom. The lowest BCUT2D eigenvalue weighted by Crippen LogP contribution is -2.67. The van der Waals surface area contributed by atoms with Gasteiger partial charge in [0.25, 0.3) is 11.8 Å². The van der Waals surface area contributed by atoms with Gasteiger partial charge in [-0.25, -0.2) is 4.98 Å². The molecule has 0 atom stereocenters. The molecule has 26 heavy (non-hydrogen) atoms. The number of hydrogen-bond donors (Lipinski definition) is 1. The normalized spacial score (nSPS) is 18.7. The number of piperidine rings is 1. The summed E-state index contributed by atoms with van der Waals surface area (Å²) in [6, 6.07) is 3.55. The molecule has 2 aliphatic rings. The molecule has 2 aliphatic heterocycles. The summed E-state index contributed by atoms with van der Waals surface area (Å²) < 4.78 is 1.70. The van der Waals surface area contributed by atoms with Crippen molar-refractivity contribution >= 4 is 17.6 Å². The minimum Gasteiger partial charge on any atom is -0.338 e. The van der Waals surface area contributed by atoms with Crippen molar-refractivity contribution in [2.45, 2.75) is 25.4 Å². The molecular weight excluding hydrogens is 332 g/mol. The van der Waals surface area contributed by atoms with E-state index in [0.29, 0.717) is 42.9 Å². The van der Waals surface area contributed by atoms with Gasteiger partial charge >= 0.3 is 0 Å². The summed E-state index contributed by atoms with van der Waals surface area (Å²) >= 11 is 0. The quantitative estimate of drug-likeness (QED) is 0.824. The number of anilines is 1. The second-order valence-electron chi connectivity index (χ2n) is 6.98. The van der Waals surface area contributed by atoms with E-state index in [4.69, 9.17) is 0 Å². The number of aromatic nitrogens is 3. The number of rotatable bonds is 1. The molecule has 1 N–H and O–H groups in total. The molecule has 136 valence electrons. The van der Waals surface area contributed by atoms with Crippen molar-refractivity contribution < 1.29 is 9.59 Å². The fraction of sp³-hybridized carbons (Fsp3) is 0.444. The van der Waals surface area contributed by atoms with Gasteiger partial charge in [0.2, 0.25) is 0 Å². The van der Waals surface area contributed by atoms with Crippen molar-refractivity contribution in [1.82, 2.24) is 25.0 Å². The number of carbonyl (C=O) groups is 2. The molecule has 1 saturated heterocycles. The Labute approximate surface area is 151 Å². The van der Waals surface area contributed by atoms with Gasteiger partial charge in [-0.15, -0.1) is 0 Å². The zero-order chi connectivity index (χ0) is 18.5. The van der Waals surface area contributed by atoms with Crippen molar-refractivity contribution in [2.75, 3.05) is 25.0 Å². The van der Waals surface area contributed by atoms with Crippen LogP contribution in [0, 0.1) is 6.92 Å². The monoisotopic (exact) mass is 354 g/mol. The number of likely N-dealkylation sites (tertiary alicyclic amines) is 1. The number of nitrogens with one attached hydrogen (secondary N) is 1. The third-order valence-electron chi connectivity index (χ3n) is 5.68. The van der Waals surface area contributed by atoms with E-state index in [1.54, 1.807) is 29.2 Å². The van der Waals surface area contributed by atoms with Gasteiger partial charge in [-0.1, -0.05) is 0 Å². The summed E-state index contributed by atoms with van der Waals surface area (Å²) in [6.07, 6.45) is 4.62. The number of carbonyl (C=O) groups excluding carboxylic acids is 2. The Hall–Kier alpha value is -2.90. The van der Waals surface area contributed by atoms with Crippen LogP contribution in [0.25, 0.3) is 0 Å². The maximum absolute atomic E-state index is 12.8. The molecular formula is C18H22N6O2. The van der Waals surface area contributed by atoms with E-state index in [0.717, 1.165) is 5.69 Å². The van der Waals surface area contributed by atoms with Crippen LogP contribution in [0.4, 0.5) is 5.82 Å². The third-order valence-corrected chi connectivity index (χ3v) is 5.68. The predicted molar refractivity (Wildman–Crippen MR) is 95.9 cm³/mol. The fourth-order valence-electron chi connectivity index (χ4n) is 3.83. The molecule has 2 aromatic rings. The summed E-state index contributed by atoms with van der Waals surface area (Å²) in [5, 5.41) is 7.30. The highest BCUT2D eigenvalue weighted by Gasteiger charge is 2.45. The topological polar surface area (TPSA) is 83.4 Å². The zero-order valence-electron chi connectivity index (χ0n) is 15.2. The van der Waals surface area contributed by atoms with Crippen LogP contribution in [0.15, 0.2) is 24.5 Å². The summed E-state index contributed by atoms with van der Waals surface area (Å²) in [5.41, 5.74) is 1.58. The molecule has 0 aromatic carbocycles. The molecule has 2 aromatic heterocycles. The second kappa shape index (κ2) is 5.82. The van der Waals surface area contributed by atoms with Crippen molar-refractivity contribution in [2.24, 2.45) is 7.05 Å².